The van der Waals surface area contributed by atoms with Gasteiger partial charge in [0.2, 0.25) is 0 Å². The van der Waals surface area contributed by atoms with Gasteiger partial charge >= 0.3 is 0 Å². The van der Waals surface area contributed by atoms with Crippen LogP contribution in [0.4, 0.5) is 0 Å². The van der Waals surface area contributed by atoms with E-state index in [0.29, 0.717) is 29.6 Å². The van der Waals surface area contributed by atoms with E-state index >= 15 is 0 Å². The first-order chi connectivity index (χ1) is 12.5. The zero-order valence-electron chi connectivity index (χ0n) is 16.7. The van der Waals surface area contributed by atoms with Crippen LogP contribution in [0.5, 0.6) is 0 Å². The van der Waals surface area contributed by atoms with Crippen LogP contribution in [0.3, 0.4) is 0 Å². The standard InChI is InChI=1S/C23H37BrO2/c1-3-15-8-11-23(14-25)16(12-15)4-5-17-18-6-7-20(21(26)13-24)22(18,2)10-9-19(17)23/h15-20,25H,3-14H2,1-2H3. The predicted molar refractivity (Wildman–Crippen MR) is 109 cm³/mol. The van der Waals surface area contributed by atoms with Crippen molar-refractivity contribution in [2.75, 3.05) is 11.9 Å². The second-order valence-corrected chi connectivity index (χ2v) is 10.9. The highest BCUT2D eigenvalue weighted by Gasteiger charge is 2.62. The first kappa shape index (κ1) is 19.4. The van der Waals surface area contributed by atoms with E-state index in [0.717, 1.165) is 24.2 Å². The number of hydrogen-bond acceptors (Lipinski definition) is 2. The molecule has 0 spiro atoms. The van der Waals surface area contributed by atoms with Gasteiger partial charge in [-0.1, -0.05) is 36.2 Å². The largest absolute Gasteiger partial charge is 0.396 e. The Balaban J connectivity index is 1.60. The van der Waals surface area contributed by atoms with Crippen molar-refractivity contribution in [2.24, 2.45) is 46.3 Å². The Kier molecular flexibility index (Phi) is 5.36. The normalized spacial score (nSPS) is 50.6. The number of aliphatic hydroxyl groups is 1. The zero-order chi connectivity index (χ0) is 18.5. The fourth-order valence-electron chi connectivity index (χ4n) is 8.44. The Morgan fingerprint density at radius 1 is 1.08 bits per heavy atom. The highest BCUT2D eigenvalue weighted by molar-refractivity contribution is 9.09. The smallest absolute Gasteiger partial charge is 0.147 e. The molecule has 0 aromatic heterocycles. The minimum absolute atomic E-state index is 0.202. The average molecular weight is 425 g/mol. The minimum atomic E-state index is 0.202. The molecule has 4 rings (SSSR count). The van der Waals surface area contributed by atoms with Crippen LogP contribution in [0, 0.1) is 46.3 Å². The van der Waals surface area contributed by atoms with E-state index in [1.807, 2.05) is 0 Å². The van der Waals surface area contributed by atoms with Crippen LogP contribution in [0.25, 0.3) is 0 Å². The first-order valence-electron chi connectivity index (χ1n) is 11.2. The van der Waals surface area contributed by atoms with Crippen molar-refractivity contribution in [1.82, 2.24) is 0 Å². The molecule has 2 nitrogen and oxygen atoms in total. The maximum Gasteiger partial charge on any atom is 0.147 e. The molecule has 26 heavy (non-hydrogen) atoms. The van der Waals surface area contributed by atoms with Crippen molar-refractivity contribution < 1.29 is 9.90 Å². The summed E-state index contributed by atoms with van der Waals surface area (Å²) in [5.41, 5.74) is 0.420. The second-order valence-electron chi connectivity index (χ2n) is 10.4. The number of ketones is 1. The molecule has 8 unspecified atom stereocenters. The molecular weight excluding hydrogens is 388 g/mol. The van der Waals surface area contributed by atoms with E-state index in [1.165, 1.54) is 57.8 Å². The average Bonchev–Trinajstić information content (AvgIpc) is 3.03. The van der Waals surface area contributed by atoms with Crippen LogP contribution < -0.4 is 0 Å². The molecule has 0 heterocycles. The van der Waals surface area contributed by atoms with E-state index in [2.05, 4.69) is 29.8 Å². The van der Waals surface area contributed by atoms with Gasteiger partial charge in [-0.15, -0.1) is 0 Å². The molecule has 148 valence electrons. The Bertz CT molecular complexity index is 548. The van der Waals surface area contributed by atoms with Gasteiger partial charge < -0.3 is 5.11 Å². The molecule has 0 radical (unpaired) electrons. The molecule has 1 N–H and O–H groups in total. The molecule has 0 amide bonds. The number of Topliss-reactive ketones (excluding diaryl/α,β-unsaturated/α-hetero) is 1. The predicted octanol–water partition coefficient (Wildman–Crippen LogP) is 5.61. The summed E-state index contributed by atoms with van der Waals surface area (Å²) in [6, 6.07) is 0. The summed E-state index contributed by atoms with van der Waals surface area (Å²) in [6.45, 7) is 5.17. The van der Waals surface area contributed by atoms with Gasteiger partial charge in [-0.05, 0) is 98.2 Å². The number of alkyl halides is 1. The van der Waals surface area contributed by atoms with Gasteiger partial charge in [-0.25, -0.2) is 0 Å². The SMILES string of the molecule is CCC1CCC2(CO)C(CCC3C4CCC(C(=O)CBr)C4(C)CCC32)C1. The quantitative estimate of drug-likeness (QED) is 0.595. The second kappa shape index (κ2) is 7.17. The molecule has 4 aliphatic carbocycles. The molecule has 4 saturated carbocycles. The Labute approximate surface area is 168 Å². The maximum absolute atomic E-state index is 12.6. The number of hydrogen-bond donors (Lipinski definition) is 1. The van der Waals surface area contributed by atoms with Crippen molar-refractivity contribution >= 4 is 21.7 Å². The van der Waals surface area contributed by atoms with Gasteiger partial charge in [0, 0.05) is 12.5 Å². The summed E-state index contributed by atoms with van der Waals surface area (Å²) in [4.78, 5) is 12.6. The molecule has 0 aromatic carbocycles. The number of rotatable bonds is 4. The summed E-state index contributed by atoms with van der Waals surface area (Å²) < 4.78 is 0. The summed E-state index contributed by atoms with van der Waals surface area (Å²) >= 11 is 3.43. The van der Waals surface area contributed by atoms with E-state index in [1.54, 1.807) is 0 Å². The van der Waals surface area contributed by atoms with Crippen molar-refractivity contribution in [3.05, 3.63) is 0 Å². The van der Waals surface area contributed by atoms with Crippen LogP contribution in [0.1, 0.15) is 78.1 Å². The third-order valence-corrected chi connectivity index (χ3v) is 10.4. The van der Waals surface area contributed by atoms with Crippen LogP contribution in [0.2, 0.25) is 0 Å². The highest BCUT2D eigenvalue weighted by atomic mass is 79.9. The fourth-order valence-corrected chi connectivity index (χ4v) is 8.83. The molecule has 0 bridgehead atoms. The van der Waals surface area contributed by atoms with Gasteiger partial charge in [0.05, 0.1) is 5.33 Å². The van der Waals surface area contributed by atoms with Crippen LogP contribution >= 0.6 is 15.9 Å². The van der Waals surface area contributed by atoms with Gasteiger partial charge in [-0.3, -0.25) is 4.79 Å². The number of carbonyl (C=O) groups is 1. The van der Waals surface area contributed by atoms with Crippen molar-refractivity contribution in [2.45, 2.75) is 78.1 Å². The van der Waals surface area contributed by atoms with Crippen LogP contribution in [-0.4, -0.2) is 22.8 Å². The molecule has 4 fully saturated rings. The molecule has 0 aliphatic heterocycles. The Hall–Kier alpha value is 0.110. The number of fused-ring (bicyclic) bond motifs is 5. The number of halogens is 1. The molecular formula is C23H37BrO2. The lowest BCUT2D eigenvalue weighted by molar-refractivity contribution is -0.150. The highest BCUT2D eigenvalue weighted by Crippen LogP contribution is 2.67. The zero-order valence-corrected chi connectivity index (χ0v) is 18.3. The van der Waals surface area contributed by atoms with Crippen molar-refractivity contribution in [1.29, 1.82) is 0 Å². The van der Waals surface area contributed by atoms with Gasteiger partial charge in [0.15, 0.2) is 0 Å². The van der Waals surface area contributed by atoms with Gasteiger partial charge in [-0.2, -0.15) is 0 Å². The molecule has 3 heteroatoms. The molecule has 4 aliphatic rings. The molecule has 0 aromatic rings. The van der Waals surface area contributed by atoms with E-state index in [9.17, 15) is 9.90 Å². The Morgan fingerprint density at radius 3 is 2.58 bits per heavy atom. The van der Waals surface area contributed by atoms with Crippen molar-refractivity contribution in [3.63, 3.8) is 0 Å². The topological polar surface area (TPSA) is 37.3 Å². The van der Waals surface area contributed by atoms with Gasteiger partial charge in [0.1, 0.15) is 5.78 Å². The van der Waals surface area contributed by atoms with E-state index in [-0.39, 0.29) is 16.7 Å². The number of aliphatic hydroxyl groups excluding tert-OH is 1. The summed E-state index contributed by atoms with van der Waals surface area (Å²) in [5, 5.41) is 11.1. The number of carbonyl (C=O) groups excluding carboxylic acids is 1. The first-order valence-corrected chi connectivity index (χ1v) is 12.3. The lowest BCUT2D eigenvalue weighted by Crippen LogP contribution is -2.56. The third kappa shape index (κ3) is 2.70. The van der Waals surface area contributed by atoms with Gasteiger partial charge in [0.25, 0.3) is 0 Å². The fraction of sp³-hybridized carbons (Fsp3) is 0.957. The molecule has 0 saturated heterocycles. The lowest BCUT2D eigenvalue weighted by atomic mass is 9.43. The summed E-state index contributed by atoms with van der Waals surface area (Å²) in [6.07, 6.45) is 12.7. The van der Waals surface area contributed by atoms with Crippen LogP contribution in [0.15, 0.2) is 0 Å². The summed E-state index contributed by atoms with van der Waals surface area (Å²) in [5.74, 6) is 4.51. The monoisotopic (exact) mass is 424 g/mol. The van der Waals surface area contributed by atoms with E-state index < -0.39 is 0 Å². The Morgan fingerprint density at radius 2 is 1.88 bits per heavy atom. The molecule has 8 atom stereocenters. The maximum atomic E-state index is 12.6. The van der Waals surface area contributed by atoms with Crippen molar-refractivity contribution in [3.8, 4) is 0 Å². The summed E-state index contributed by atoms with van der Waals surface area (Å²) in [7, 11) is 0. The minimum Gasteiger partial charge on any atom is -0.396 e. The third-order valence-electron chi connectivity index (χ3n) is 9.87. The van der Waals surface area contributed by atoms with Crippen LogP contribution in [-0.2, 0) is 4.79 Å². The lowest BCUT2D eigenvalue weighted by Gasteiger charge is -2.61. The van der Waals surface area contributed by atoms with E-state index in [4.69, 9.17) is 0 Å².